The Labute approximate surface area is 153 Å². The maximum absolute atomic E-state index is 12.7. The molecule has 0 fully saturated rings. The summed E-state index contributed by atoms with van der Waals surface area (Å²) in [4.78, 5) is 31.9. The number of amides is 1. The Morgan fingerprint density at radius 3 is 2.96 bits per heavy atom. The normalized spacial score (nSPS) is 11.0. The molecule has 3 aromatic heterocycles. The summed E-state index contributed by atoms with van der Waals surface area (Å²) in [5, 5.41) is 7.60. The number of H-pyrrole nitrogens is 1. The van der Waals surface area contributed by atoms with Crippen LogP contribution in [0.25, 0.3) is 16.6 Å². The number of hydrogen-bond acceptors (Lipinski definition) is 5. The molecular weight excluding hydrogens is 346 g/mol. The Kier molecular flexibility index (Phi) is 4.29. The first-order valence-electron chi connectivity index (χ1n) is 8.52. The summed E-state index contributed by atoms with van der Waals surface area (Å²) >= 11 is 0. The van der Waals surface area contributed by atoms with Crippen molar-refractivity contribution in [2.45, 2.75) is 13.5 Å². The molecule has 0 aliphatic carbocycles. The van der Waals surface area contributed by atoms with Gasteiger partial charge in [0.1, 0.15) is 11.2 Å². The largest absolute Gasteiger partial charge is 0.478 e. The summed E-state index contributed by atoms with van der Waals surface area (Å²) in [5.74, 6) is 0.141. The SMILES string of the molecule is CCOc1ncccc1CNC(=O)c1cnn2c1[nH]c(=O)c1ccccc12. The van der Waals surface area contributed by atoms with Gasteiger partial charge in [-0.25, -0.2) is 9.50 Å². The number of rotatable bonds is 5. The van der Waals surface area contributed by atoms with Crippen LogP contribution >= 0.6 is 0 Å². The molecule has 8 nitrogen and oxygen atoms in total. The standard InChI is InChI=1S/C19H17N5O3/c1-2-27-19-12(6-5-9-20-19)10-21-17(25)14-11-22-24-15-8-4-3-7-13(15)18(26)23-16(14)24/h3-9,11H,2,10H2,1H3,(H,21,25)(H,23,26). The van der Waals surface area contributed by atoms with Gasteiger partial charge < -0.3 is 15.0 Å². The van der Waals surface area contributed by atoms with Crippen molar-refractivity contribution in [1.82, 2.24) is 24.9 Å². The van der Waals surface area contributed by atoms with Crippen molar-refractivity contribution in [3.8, 4) is 5.88 Å². The minimum Gasteiger partial charge on any atom is -0.478 e. The molecule has 0 radical (unpaired) electrons. The van der Waals surface area contributed by atoms with Crippen molar-refractivity contribution >= 4 is 22.5 Å². The lowest BCUT2D eigenvalue weighted by Gasteiger charge is -2.09. The second-order valence-corrected chi connectivity index (χ2v) is 5.87. The quantitative estimate of drug-likeness (QED) is 0.564. The van der Waals surface area contributed by atoms with E-state index < -0.39 is 0 Å². The number of nitrogens with zero attached hydrogens (tertiary/aromatic N) is 3. The number of benzene rings is 1. The number of hydrogen-bond donors (Lipinski definition) is 2. The molecule has 8 heteroatoms. The van der Waals surface area contributed by atoms with Gasteiger partial charge in [-0.2, -0.15) is 5.10 Å². The third-order valence-electron chi connectivity index (χ3n) is 4.19. The molecule has 1 amide bonds. The summed E-state index contributed by atoms with van der Waals surface area (Å²) in [6, 6.07) is 10.7. The average Bonchev–Trinajstić information content (AvgIpc) is 3.11. The summed E-state index contributed by atoms with van der Waals surface area (Å²) in [5.41, 5.74) is 1.79. The molecule has 0 spiro atoms. The third-order valence-corrected chi connectivity index (χ3v) is 4.19. The fraction of sp³-hybridized carbons (Fsp3) is 0.158. The van der Waals surface area contributed by atoms with Crippen LogP contribution in [0.2, 0.25) is 0 Å². The smallest absolute Gasteiger partial charge is 0.259 e. The highest BCUT2D eigenvalue weighted by Gasteiger charge is 2.16. The van der Waals surface area contributed by atoms with Gasteiger partial charge in [0.05, 0.1) is 23.7 Å². The van der Waals surface area contributed by atoms with Crippen molar-refractivity contribution in [3.05, 3.63) is 70.3 Å². The van der Waals surface area contributed by atoms with Crippen molar-refractivity contribution in [2.75, 3.05) is 6.61 Å². The Morgan fingerprint density at radius 2 is 2.11 bits per heavy atom. The van der Waals surface area contributed by atoms with E-state index in [1.54, 1.807) is 35.0 Å². The van der Waals surface area contributed by atoms with Crippen LogP contribution in [0, 0.1) is 0 Å². The van der Waals surface area contributed by atoms with Crippen LogP contribution in [0.3, 0.4) is 0 Å². The molecule has 0 aliphatic rings. The Balaban J connectivity index is 1.65. The van der Waals surface area contributed by atoms with Gasteiger partial charge in [0, 0.05) is 18.3 Å². The lowest BCUT2D eigenvalue weighted by atomic mass is 10.2. The predicted molar refractivity (Wildman–Crippen MR) is 99.9 cm³/mol. The van der Waals surface area contributed by atoms with Gasteiger partial charge >= 0.3 is 0 Å². The minimum absolute atomic E-state index is 0.247. The summed E-state index contributed by atoms with van der Waals surface area (Å²) < 4.78 is 7.02. The molecule has 1 aromatic carbocycles. The second kappa shape index (κ2) is 6.91. The first-order chi connectivity index (χ1) is 13.2. The molecule has 2 N–H and O–H groups in total. The number of para-hydroxylation sites is 1. The Hall–Kier alpha value is -3.68. The maximum atomic E-state index is 12.7. The Morgan fingerprint density at radius 1 is 1.26 bits per heavy atom. The zero-order valence-electron chi connectivity index (χ0n) is 14.6. The van der Waals surface area contributed by atoms with Crippen LogP contribution in [-0.2, 0) is 6.54 Å². The van der Waals surface area contributed by atoms with Gasteiger partial charge in [-0.15, -0.1) is 0 Å². The Bertz CT molecular complexity index is 1190. The number of aromatic amines is 1. The number of ether oxygens (including phenoxy) is 1. The highest BCUT2D eigenvalue weighted by atomic mass is 16.5. The van der Waals surface area contributed by atoms with E-state index in [2.05, 4.69) is 20.4 Å². The maximum Gasteiger partial charge on any atom is 0.259 e. The fourth-order valence-electron chi connectivity index (χ4n) is 2.94. The van der Waals surface area contributed by atoms with Crippen LogP contribution < -0.4 is 15.6 Å². The molecule has 0 unspecified atom stereocenters. The number of carbonyl (C=O) groups excluding carboxylic acids is 1. The fourth-order valence-corrected chi connectivity index (χ4v) is 2.94. The molecule has 0 saturated heterocycles. The lowest BCUT2D eigenvalue weighted by molar-refractivity contribution is 0.0952. The molecule has 0 aliphatic heterocycles. The van der Waals surface area contributed by atoms with Crippen molar-refractivity contribution < 1.29 is 9.53 Å². The highest BCUT2D eigenvalue weighted by Crippen LogP contribution is 2.16. The van der Waals surface area contributed by atoms with Gasteiger partial charge in [-0.05, 0) is 25.1 Å². The van der Waals surface area contributed by atoms with E-state index in [0.29, 0.717) is 34.6 Å². The summed E-state index contributed by atoms with van der Waals surface area (Å²) in [7, 11) is 0. The summed E-state index contributed by atoms with van der Waals surface area (Å²) in [6.07, 6.45) is 3.08. The third kappa shape index (κ3) is 3.01. The average molecular weight is 363 g/mol. The number of aromatic nitrogens is 4. The monoisotopic (exact) mass is 363 g/mol. The molecule has 4 aromatic rings. The second-order valence-electron chi connectivity index (χ2n) is 5.87. The zero-order chi connectivity index (χ0) is 18.8. The number of pyridine rings is 1. The van der Waals surface area contributed by atoms with Gasteiger partial charge in [-0.3, -0.25) is 9.59 Å². The van der Waals surface area contributed by atoms with E-state index in [-0.39, 0.29) is 18.0 Å². The molecule has 0 saturated carbocycles. The van der Waals surface area contributed by atoms with Crippen LogP contribution in [0.4, 0.5) is 0 Å². The van der Waals surface area contributed by atoms with Gasteiger partial charge in [0.25, 0.3) is 11.5 Å². The molecular formula is C19H17N5O3. The molecule has 136 valence electrons. The van der Waals surface area contributed by atoms with Gasteiger partial charge in [0.15, 0.2) is 0 Å². The van der Waals surface area contributed by atoms with E-state index >= 15 is 0 Å². The van der Waals surface area contributed by atoms with E-state index in [1.165, 1.54) is 6.20 Å². The van der Waals surface area contributed by atoms with Crippen LogP contribution in [0.1, 0.15) is 22.8 Å². The number of nitrogens with one attached hydrogen (secondary N) is 2. The molecule has 3 heterocycles. The first-order valence-corrected chi connectivity index (χ1v) is 8.52. The topological polar surface area (TPSA) is 101 Å². The van der Waals surface area contributed by atoms with E-state index in [9.17, 15) is 9.59 Å². The molecule has 0 atom stereocenters. The van der Waals surface area contributed by atoms with Crippen LogP contribution in [0.5, 0.6) is 5.88 Å². The number of carbonyl (C=O) groups is 1. The first kappa shape index (κ1) is 16.8. The predicted octanol–water partition coefficient (Wildman–Crippen LogP) is 1.90. The van der Waals surface area contributed by atoms with E-state index in [4.69, 9.17) is 4.74 Å². The minimum atomic E-state index is -0.345. The lowest BCUT2D eigenvalue weighted by Crippen LogP contribution is -2.24. The molecule has 4 rings (SSSR count). The summed E-state index contributed by atoms with van der Waals surface area (Å²) in [6.45, 7) is 2.61. The molecule has 27 heavy (non-hydrogen) atoms. The van der Waals surface area contributed by atoms with E-state index in [1.807, 2.05) is 19.1 Å². The van der Waals surface area contributed by atoms with Crippen LogP contribution in [-0.4, -0.2) is 32.1 Å². The number of fused-ring (bicyclic) bond motifs is 3. The molecule has 0 bridgehead atoms. The zero-order valence-corrected chi connectivity index (χ0v) is 14.6. The van der Waals surface area contributed by atoms with Crippen molar-refractivity contribution in [2.24, 2.45) is 0 Å². The van der Waals surface area contributed by atoms with E-state index in [0.717, 1.165) is 5.56 Å². The van der Waals surface area contributed by atoms with Crippen LogP contribution in [0.15, 0.2) is 53.6 Å². The van der Waals surface area contributed by atoms with Crippen molar-refractivity contribution in [3.63, 3.8) is 0 Å². The van der Waals surface area contributed by atoms with Crippen molar-refractivity contribution in [1.29, 1.82) is 0 Å². The highest BCUT2D eigenvalue weighted by molar-refractivity contribution is 6.00. The van der Waals surface area contributed by atoms with Gasteiger partial charge in [0.2, 0.25) is 5.88 Å². The van der Waals surface area contributed by atoms with Gasteiger partial charge in [-0.1, -0.05) is 18.2 Å².